The molecule has 0 saturated heterocycles. The summed E-state index contributed by atoms with van der Waals surface area (Å²) in [5.41, 5.74) is 4.15. The molecule has 0 bridgehead atoms. The third kappa shape index (κ3) is 1.35. The van der Waals surface area contributed by atoms with Crippen molar-refractivity contribution in [3.63, 3.8) is 0 Å². The molecule has 15 heavy (non-hydrogen) atoms. The molecule has 1 fully saturated rings. The standard InChI is InChI=1S/C13H14BrN/c1-8-3-6-11-10(7-8)12(14)13(15(11)2)9-4-5-9/h3,6-7,9H,4-5H2,1-2H3. The van der Waals surface area contributed by atoms with E-state index in [0.29, 0.717) is 0 Å². The molecule has 0 spiro atoms. The topological polar surface area (TPSA) is 4.93 Å². The maximum absolute atomic E-state index is 3.76. The van der Waals surface area contributed by atoms with Crippen LogP contribution in [0.5, 0.6) is 0 Å². The van der Waals surface area contributed by atoms with E-state index in [9.17, 15) is 0 Å². The number of fused-ring (bicyclic) bond motifs is 1. The number of benzene rings is 1. The average Bonchev–Trinajstić information content (AvgIpc) is 2.98. The Morgan fingerprint density at radius 1 is 1.33 bits per heavy atom. The molecule has 0 unspecified atom stereocenters. The van der Waals surface area contributed by atoms with Gasteiger partial charge in [0.1, 0.15) is 0 Å². The van der Waals surface area contributed by atoms with E-state index in [-0.39, 0.29) is 0 Å². The van der Waals surface area contributed by atoms with E-state index in [0.717, 1.165) is 5.92 Å². The minimum Gasteiger partial charge on any atom is -0.346 e. The van der Waals surface area contributed by atoms with Crippen LogP contribution in [0.25, 0.3) is 10.9 Å². The van der Waals surface area contributed by atoms with Crippen LogP contribution < -0.4 is 0 Å². The highest BCUT2D eigenvalue weighted by atomic mass is 79.9. The first-order valence-corrected chi connectivity index (χ1v) is 6.22. The molecule has 2 heteroatoms. The van der Waals surface area contributed by atoms with Gasteiger partial charge >= 0.3 is 0 Å². The number of aryl methyl sites for hydroxylation is 2. The molecular formula is C13H14BrN. The van der Waals surface area contributed by atoms with Gasteiger partial charge in [0.2, 0.25) is 0 Å². The minimum atomic E-state index is 0.789. The van der Waals surface area contributed by atoms with Gasteiger partial charge in [0.05, 0.1) is 0 Å². The fourth-order valence-corrected chi connectivity index (χ4v) is 3.25. The number of hydrogen-bond acceptors (Lipinski definition) is 0. The first kappa shape index (κ1) is 9.46. The van der Waals surface area contributed by atoms with E-state index < -0.39 is 0 Å². The van der Waals surface area contributed by atoms with Gasteiger partial charge in [0.25, 0.3) is 0 Å². The highest BCUT2D eigenvalue weighted by Gasteiger charge is 2.29. The highest BCUT2D eigenvalue weighted by molar-refractivity contribution is 9.10. The van der Waals surface area contributed by atoms with Crippen molar-refractivity contribution >= 4 is 26.8 Å². The lowest BCUT2D eigenvalue weighted by Gasteiger charge is -2.02. The lowest BCUT2D eigenvalue weighted by Crippen LogP contribution is -1.93. The zero-order valence-electron chi connectivity index (χ0n) is 9.05. The quantitative estimate of drug-likeness (QED) is 0.730. The molecule has 1 aliphatic carbocycles. The van der Waals surface area contributed by atoms with Crippen molar-refractivity contribution in [1.29, 1.82) is 0 Å². The molecule has 1 heterocycles. The second-order valence-corrected chi connectivity index (χ2v) is 5.35. The second kappa shape index (κ2) is 3.11. The van der Waals surface area contributed by atoms with E-state index in [1.54, 1.807) is 0 Å². The highest BCUT2D eigenvalue weighted by Crippen LogP contribution is 2.46. The first-order valence-electron chi connectivity index (χ1n) is 5.43. The van der Waals surface area contributed by atoms with Crippen LogP contribution in [0.2, 0.25) is 0 Å². The van der Waals surface area contributed by atoms with Crippen molar-refractivity contribution in [2.45, 2.75) is 25.7 Å². The Labute approximate surface area is 98.2 Å². The van der Waals surface area contributed by atoms with Crippen LogP contribution in [0.1, 0.15) is 30.0 Å². The molecule has 1 aliphatic rings. The van der Waals surface area contributed by atoms with Gasteiger partial charge in [-0.3, -0.25) is 0 Å². The summed E-state index contributed by atoms with van der Waals surface area (Å²) in [5.74, 6) is 0.789. The molecular weight excluding hydrogens is 250 g/mol. The summed E-state index contributed by atoms with van der Waals surface area (Å²) in [7, 11) is 2.18. The SMILES string of the molecule is Cc1ccc2c(c1)c(Br)c(C1CC1)n2C. The summed E-state index contributed by atoms with van der Waals surface area (Å²) in [4.78, 5) is 0. The second-order valence-electron chi connectivity index (χ2n) is 4.55. The van der Waals surface area contributed by atoms with E-state index >= 15 is 0 Å². The van der Waals surface area contributed by atoms with Gasteiger partial charge in [-0.15, -0.1) is 0 Å². The lowest BCUT2D eigenvalue weighted by atomic mass is 10.2. The van der Waals surface area contributed by atoms with Crippen LogP contribution in [0.4, 0.5) is 0 Å². The summed E-state index contributed by atoms with van der Waals surface area (Å²) in [6, 6.07) is 6.68. The van der Waals surface area contributed by atoms with E-state index in [1.807, 2.05) is 0 Å². The molecule has 0 aliphatic heterocycles. The van der Waals surface area contributed by atoms with Crippen molar-refractivity contribution in [1.82, 2.24) is 4.57 Å². The third-order valence-electron chi connectivity index (χ3n) is 3.30. The first-order chi connectivity index (χ1) is 7.18. The average molecular weight is 264 g/mol. The Hall–Kier alpha value is -0.760. The zero-order chi connectivity index (χ0) is 10.6. The minimum absolute atomic E-state index is 0.789. The van der Waals surface area contributed by atoms with Gasteiger partial charge in [-0.05, 0) is 47.8 Å². The molecule has 0 N–H and O–H groups in total. The largest absolute Gasteiger partial charge is 0.346 e. The van der Waals surface area contributed by atoms with E-state index in [2.05, 4.69) is 52.7 Å². The molecule has 0 amide bonds. The lowest BCUT2D eigenvalue weighted by molar-refractivity contribution is 0.852. The van der Waals surface area contributed by atoms with Gasteiger partial charge in [0, 0.05) is 34.0 Å². The fraction of sp³-hybridized carbons (Fsp3) is 0.385. The van der Waals surface area contributed by atoms with Crippen LogP contribution in [0.3, 0.4) is 0 Å². The molecule has 78 valence electrons. The number of nitrogens with zero attached hydrogens (tertiary/aromatic N) is 1. The van der Waals surface area contributed by atoms with Crippen molar-refractivity contribution in [2.24, 2.45) is 7.05 Å². The normalized spacial score (nSPS) is 16.2. The van der Waals surface area contributed by atoms with Gasteiger partial charge in [-0.2, -0.15) is 0 Å². The Kier molecular flexibility index (Phi) is 1.96. The maximum Gasteiger partial charge on any atom is 0.0491 e. The van der Waals surface area contributed by atoms with Crippen LogP contribution in [0.15, 0.2) is 22.7 Å². The van der Waals surface area contributed by atoms with Crippen LogP contribution in [-0.2, 0) is 7.05 Å². The maximum atomic E-state index is 3.76. The van der Waals surface area contributed by atoms with Crippen molar-refractivity contribution < 1.29 is 0 Å². The Morgan fingerprint density at radius 3 is 2.73 bits per heavy atom. The van der Waals surface area contributed by atoms with Gasteiger partial charge < -0.3 is 4.57 Å². The monoisotopic (exact) mass is 263 g/mol. The molecule has 2 aromatic rings. The summed E-state index contributed by atoms with van der Waals surface area (Å²) in [5, 5.41) is 1.36. The van der Waals surface area contributed by atoms with E-state index in [1.165, 1.54) is 39.5 Å². The number of halogens is 1. The van der Waals surface area contributed by atoms with Crippen LogP contribution >= 0.6 is 15.9 Å². The van der Waals surface area contributed by atoms with Crippen LogP contribution in [0, 0.1) is 6.92 Å². The summed E-state index contributed by atoms with van der Waals surface area (Å²) in [6.07, 6.45) is 2.70. The van der Waals surface area contributed by atoms with Gasteiger partial charge in [-0.25, -0.2) is 0 Å². The number of hydrogen-bond donors (Lipinski definition) is 0. The molecule has 1 aromatic carbocycles. The Balaban J connectivity index is 2.37. The predicted octanol–water partition coefficient (Wildman–Crippen LogP) is 4.13. The summed E-state index contributed by atoms with van der Waals surface area (Å²) >= 11 is 3.76. The fourth-order valence-electron chi connectivity index (χ4n) is 2.34. The molecule has 3 rings (SSSR count). The predicted molar refractivity (Wildman–Crippen MR) is 67.3 cm³/mol. The van der Waals surface area contributed by atoms with E-state index in [4.69, 9.17) is 0 Å². The molecule has 0 atom stereocenters. The zero-order valence-corrected chi connectivity index (χ0v) is 10.6. The Bertz CT molecular complexity index is 535. The van der Waals surface area contributed by atoms with Crippen molar-refractivity contribution in [2.75, 3.05) is 0 Å². The number of aromatic nitrogens is 1. The van der Waals surface area contributed by atoms with Crippen molar-refractivity contribution in [3.05, 3.63) is 33.9 Å². The Morgan fingerprint density at radius 2 is 2.07 bits per heavy atom. The molecule has 1 nitrogen and oxygen atoms in total. The van der Waals surface area contributed by atoms with Gasteiger partial charge in [-0.1, -0.05) is 11.6 Å². The molecule has 0 radical (unpaired) electrons. The molecule has 1 aromatic heterocycles. The third-order valence-corrected chi connectivity index (χ3v) is 4.13. The summed E-state index contributed by atoms with van der Waals surface area (Å²) in [6.45, 7) is 2.15. The summed E-state index contributed by atoms with van der Waals surface area (Å²) < 4.78 is 3.66. The number of rotatable bonds is 1. The molecule has 1 saturated carbocycles. The van der Waals surface area contributed by atoms with Crippen molar-refractivity contribution in [3.8, 4) is 0 Å². The van der Waals surface area contributed by atoms with Gasteiger partial charge in [0.15, 0.2) is 0 Å². The van der Waals surface area contributed by atoms with Crippen LogP contribution in [-0.4, -0.2) is 4.57 Å². The smallest absolute Gasteiger partial charge is 0.0491 e.